The summed E-state index contributed by atoms with van der Waals surface area (Å²) in [6.07, 6.45) is 5.06. The first-order valence-corrected chi connectivity index (χ1v) is 9.94. The summed E-state index contributed by atoms with van der Waals surface area (Å²) in [5, 5.41) is 3.31. The Balaban J connectivity index is 0.000000483. The van der Waals surface area contributed by atoms with Crippen molar-refractivity contribution in [2.75, 3.05) is 7.05 Å². The van der Waals surface area contributed by atoms with Gasteiger partial charge in [-0.3, -0.25) is 0 Å². The Bertz CT molecular complexity index is 508. The van der Waals surface area contributed by atoms with E-state index in [1.807, 2.05) is 19.9 Å². The molecule has 3 nitrogen and oxygen atoms in total. The Hall–Kier alpha value is -0.910. The molecule has 5 heteroatoms. The average molecular weight is 371 g/mol. The fraction of sp³-hybridized carbons (Fsp3) is 0.650. The topological polar surface area (TPSA) is 41.1 Å². The third-order valence-corrected chi connectivity index (χ3v) is 5.22. The average Bonchev–Trinajstić information content (AvgIpc) is 3.03. The minimum atomic E-state index is -0.605. The molecule has 0 heterocycles. The molecule has 2 N–H and O–H groups in total. The van der Waals surface area contributed by atoms with Crippen LogP contribution in [0.5, 0.6) is 0 Å². The molecule has 25 heavy (non-hydrogen) atoms. The van der Waals surface area contributed by atoms with E-state index in [1.54, 1.807) is 26.8 Å². The van der Waals surface area contributed by atoms with E-state index in [2.05, 4.69) is 24.0 Å². The van der Waals surface area contributed by atoms with E-state index >= 15 is 0 Å². The molecular weight excluding hydrogens is 335 g/mol. The van der Waals surface area contributed by atoms with Gasteiger partial charge in [-0.05, 0) is 76.2 Å². The van der Waals surface area contributed by atoms with Gasteiger partial charge < -0.3 is 10.1 Å². The van der Waals surface area contributed by atoms with Crippen molar-refractivity contribution in [2.24, 2.45) is 5.92 Å². The van der Waals surface area contributed by atoms with Gasteiger partial charge in [-0.1, -0.05) is 33.3 Å². The lowest BCUT2D eigenvalue weighted by atomic mass is 10.1. The maximum absolute atomic E-state index is 13.2. The summed E-state index contributed by atoms with van der Waals surface area (Å²) in [7, 11) is 2.06. The Kier molecular flexibility index (Phi) is 12.0. The van der Waals surface area contributed by atoms with Crippen molar-refractivity contribution in [3.05, 3.63) is 29.6 Å². The Morgan fingerprint density at radius 2 is 1.92 bits per heavy atom. The smallest absolute Gasteiger partial charge is 0.140 e. The molecule has 2 unspecified atom stereocenters. The first kappa shape index (κ1) is 24.1. The van der Waals surface area contributed by atoms with Crippen molar-refractivity contribution < 1.29 is 9.18 Å². The van der Waals surface area contributed by atoms with Gasteiger partial charge in [-0.25, -0.2) is 9.11 Å². The van der Waals surface area contributed by atoms with Crippen molar-refractivity contribution in [1.82, 2.24) is 10.0 Å². The van der Waals surface area contributed by atoms with Crippen molar-refractivity contribution in [3.8, 4) is 0 Å². The number of benzene rings is 1. The highest BCUT2D eigenvalue weighted by molar-refractivity contribution is 7.97. The second kappa shape index (κ2) is 12.4. The molecule has 0 aliphatic heterocycles. The van der Waals surface area contributed by atoms with Crippen molar-refractivity contribution in [2.45, 2.75) is 77.3 Å². The van der Waals surface area contributed by atoms with Gasteiger partial charge >= 0.3 is 0 Å². The predicted molar refractivity (Wildman–Crippen MR) is 107 cm³/mol. The molecule has 0 bridgehead atoms. The number of carbonyl (C=O) groups is 1. The van der Waals surface area contributed by atoms with Gasteiger partial charge in [0, 0.05) is 10.9 Å². The van der Waals surface area contributed by atoms with Crippen LogP contribution >= 0.6 is 11.9 Å². The second-order valence-corrected chi connectivity index (χ2v) is 7.64. The Labute approximate surface area is 157 Å². The van der Waals surface area contributed by atoms with E-state index in [-0.39, 0.29) is 5.82 Å². The van der Waals surface area contributed by atoms with E-state index in [4.69, 9.17) is 0 Å². The SMILES string of the molecule is CC.CNC1CCCC1C.Cc1ccc(SNC(C)(C)C=O)cc1F. The molecule has 0 spiro atoms. The largest absolute Gasteiger partial charge is 0.317 e. The third kappa shape index (κ3) is 9.38. The monoisotopic (exact) mass is 370 g/mol. The molecule has 144 valence electrons. The lowest BCUT2D eigenvalue weighted by Crippen LogP contribution is -2.35. The second-order valence-electron chi connectivity index (χ2n) is 6.76. The zero-order valence-corrected chi connectivity index (χ0v) is 17.6. The molecule has 1 fully saturated rings. The van der Waals surface area contributed by atoms with Gasteiger partial charge in [0.25, 0.3) is 0 Å². The lowest BCUT2D eigenvalue weighted by molar-refractivity contribution is -0.111. The normalized spacial score (nSPS) is 19.4. The van der Waals surface area contributed by atoms with Crippen LogP contribution in [-0.2, 0) is 4.79 Å². The number of aryl methyl sites for hydroxylation is 1. The van der Waals surface area contributed by atoms with Crippen LogP contribution in [0.25, 0.3) is 0 Å². The molecule has 0 radical (unpaired) electrons. The van der Waals surface area contributed by atoms with Crippen molar-refractivity contribution in [3.63, 3.8) is 0 Å². The summed E-state index contributed by atoms with van der Waals surface area (Å²) in [6.45, 7) is 11.6. The molecule has 0 aromatic heterocycles. The highest BCUT2D eigenvalue weighted by Gasteiger charge is 2.20. The number of halogens is 1. The quantitative estimate of drug-likeness (QED) is 0.557. The van der Waals surface area contributed by atoms with Crippen LogP contribution < -0.4 is 10.0 Å². The van der Waals surface area contributed by atoms with Crippen LogP contribution in [-0.4, -0.2) is 24.9 Å². The molecule has 1 aromatic carbocycles. The number of hydrogen-bond acceptors (Lipinski definition) is 4. The summed E-state index contributed by atoms with van der Waals surface area (Å²) in [6, 6.07) is 5.80. The number of rotatable bonds is 5. The summed E-state index contributed by atoms with van der Waals surface area (Å²) >= 11 is 1.25. The van der Waals surface area contributed by atoms with Gasteiger partial charge in [0.05, 0.1) is 5.54 Å². The first-order valence-electron chi connectivity index (χ1n) is 9.13. The fourth-order valence-corrected chi connectivity index (χ4v) is 3.15. The molecule has 0 saturated heterocycles. The van der Waals surface area contributed by atoms with E-state index < -0.39 is 5.54 Å². The molecule has 1 saturated carbocycles. The fourth-order valence-electron chi connectivity index (χ4n) is 2.43. The minimum absolute atomic E-state index is 0.231. The van der Waals surface area contributed by atoms with Crippen LogP contribution in [0.1, 0.15) is 59.4 Å². The summed E-state index contributed by atoms with van der Waals surface area (Å²) in [5.74, 6) is 0.686. The van der Waals surface area contributed by atoms with Crippen LogP contribution in [0.2, 0.25) is 0 Å². The first-order chi connectivity index (χ1) is 11.8. The van der Waals surface area contributed by atoms with E-state index in [1.165, 1.54) is 37.3 Å². The van der Waals surface area contributed by atoms with Crippen LogP contribution in [0.15, 0.2) is 23.1 Å². The summed E-state index contributed by atoms with van der Waals surface area (Å²) in [5.41, 5.74) is 0.0143. The zero-order chi connectivity index (χ0) is 19.5. The van der Waals surface area contributed by atoms with E-state index in [0.717, 1.165) is 23.1 Å². The Morgan fingerprint density at radius 1 is 1.28 bits per heavy atom. The van der Waals surface area contributed by atoms with Crippen molar-refractivity contribution in [1.29, 1.82) is 0 Å². The summed E-state index contributed by atoms with van der Waals surface area (Å²) in [4.78, 5) is 11.4. The molecule has 1 aromatic rings. The van der Waals surface area contributed by atoms with Gasteiger partial charge in [-0.15, -0.1) is 0 Å². The lowest BCUT2D eigenvalue weighted by Gasteiger charge is -2.17. The standard InChI is InChI=1S/C11H14FNOS.C7H15N.C2H6/c1-8-4-5-9(6-10(8)12)15-13-11(2,3)7-14;1-6-4-3-5-7(6)8-2;1-2/h4-7,13H,1-3H3;6-8H,3-5H2,1-2H3;1-2H3. The van der Waals surface area contributed by atoms with E-state index in [9.17, 15) is 9.18 Å². The molecule has 2 rings (SSSR count). The van der Waals surface area contributed by atoms with Gasteiger partial charge in [-0.2, -0.15) is 0 Å². The molecule has 1 aliphatic rings. The number of nitrogens with one attached hydrogen (secondary N) is 2. The van der Waals surface area contributed by atoms with Crippen molar-refractivity contribution >= 4 is 18.2 Å². The van der Waals surface area contributed by atoms with Gasteiger partial charge in [0.15, 0.2) is 0 Å². The molecule has 1 aliphatic carbocycles. The number of hydrogen-bond donors (Lipinski definition) is 2. The van der Waals surface area contributed by atoms with Gasteiger partial charge in [0.1, 0.15) is 12.1 Å². The number of aldehydes is 1. The highest BCUT2D eigenvalue weighted by Crippen LogP contribution is 2.24. The zero-order valence-electron chi connectivity index (χ0n) is 16.8. The van der Waals surface area contributed by atoms with Crippen LogP contribution in [0, 0.1) is 18.7 Å². The predicted octanol–water partition coefficient (Wildman–Crippen LogP) is 5.13. The summed E-state index contributed by atoms with van der Waals surface area (Å²) < 4.78 is 16.1. The third-order valence-electron chi connectivity index (χ3n) is 4.10. The number of carbonyl (C=O) groups excluding carboxylic acids is 1. The van der Waals surface area contributed by atoms with Crippen LogP contribution in [0.4, 0.5) is 4.39 Å². The molecule has 0 amide bonds. The molecule has 2 atom stereocenters. The van der Waals surface area contributed by atoms with Crippen LogP contribution in [0.3, 0.4) is 0 Å². The minimum Gasteiger partial charge on any atom is -0.317 e. The Morgan fingerprint density at radius 3 is 2.32 bits per heavy atom. The maximum atomic E-state index is 13.2. The highest BCUT2D eigenvalue weighted by atomic mass is 32.2. The molecular formula is C20H35FN2OS. The maximum Gasteiger partial charge on any atom is 0.140 e. The van der Waals surface area contributed by atoms with Gasteiger partial charge in [0.2, 0.25) is 0 Å². The van der Waals surface area contributed by atoms with E-state index in [0.29, 0.717) is 5.56 Å².